The van der Waals surface area contributed by atoms with Crippen molar-refractivity contribution in [1.29, 1.82) is 0 Å². The molecule has 9 heteroatoms. The van der Waals surface area contributed by atoms with Gasteiger partial charge in [-0.3, -0.25) is 14.9 Å². The van der Waals surface area contributed by atoms with Crippen molar-refractivity contribution >= 4 is 11.7 Å². The minimum atomic E-state index is -1.50. The van der Waals surface area contributed by atoms with Gasteiger partial charge in [-0.2, -0.15) is 9.78 Å². The monoisotopic (exact) mass is 277 g/mol. The van der Waals surface area contributed by atoms with E-state index in [2.05, 4.69) is 5.10 Å². The first kappa shape index (κ1) is 13.2. The summed E-state index contributed by atoms with van der Waals surface area (Å²) < 4.78 is 0.729. The Hall–Kier alpha value is -3.23. The first-order valence-corrected chi connectivity index (χ1v) is 5.21. The Morgan fingerprint density at radius 2 is 1.90 bits per heavy atom. The number of rotatable bonds is 3. The molecule has 9 nitrogen and oxygen atoms in total. The molecule has 0 aliphatic carbocycles. The van der Waals surface area contributed by atoms with Gasteiger partial charge in [0, 0.05) is 18.2 Å². The Balaban J connectivity index is 2.57. The van der Waals surface area contributed by atoms with Crippen molar-refractivity contribution in [3.63, 3.8) is 0 Å². The molecule has 1 aromatic carbocycles. The van der Waals surface area contributed by atoms with E-state index in [0.29, 0.717) is 6.07 Å². The Morgan fingerprint density at radius 3 is 2.40 bits per heavy atom. The van der Waals surface area contributed by atoms with Crippen LogP contribution in [-0.4, -0.2) is 30.9 Å². The summed E-state index contributed by atoms with van der Waals surface area (Å²) in [4.78, 5) is 32.4. The molecule has 0 amide bonds. The van der Waals surface area contributed by atoms with Crippen LogP contribution in [-0.2, 0) is 0 Å². The lowest BCUT2D eigenvalue weighted by molar-refractivity contribution is -0.384. The van der Waals surface area contributed by atoms with E-state index in [-0.39, 0.29) is 11.4 Å². The van der Waals surface area contributed by atoms with Gasteiger partial charge >= 0.3 is 5.97 Å². The molecule has 0 saturated carbocycles. The van der Waals surface area contributed by atoms with E-state index >= 15 is 0 Å². The molecular formula is C11H7N3O6. The fraction of sp³-hybridized carbons (Fsp3) is 0. The summed E-state index contributed by atoms with van der Waals surface area (Å²) in [7, 11) is 0. The molecule has 0 atom stereocenters. The number of hydrogen-bond donors (Lipinski definition) is 2. The number of nitro groups is 1. The third-order valence-electron chi connectivity index (χ3n) is 2.42. The van der Waals surface area contributed by atoms with Crippen LogP contribution in [0, 0.1) is 10.1 Å². The van der Waals surface area contributed by atoms with Crippen molar-refractivity contribution in [3.8, 4) is 11.4 Å². The molecule has 2 N–H and O–H groups in total. The van der Waals surface area contributed by atoms with Gasteiger partial charge in [0.2, 0.25) is 5.69 Å². The Kier molecular flexibility index (Phi) is 3.17. The number of benzene rings is 1. The molecule has 2 aromatic rings. The highest BCUT2D eigenvalue weighted by Gasteiger charge is 2.16. The number of carbonyl (C=O) groups is 1. The van der Waals surface area contributed by atoms with E-state index in [0.717, 1.165) is 16.8 Å². The van der Waals surface area contributed by atoms with Gasteiger partial charge in [-0.1, -0.05) is 0 Å². The van der Waals surface area contributed by atoms with Crippen molar-refractivity contribution < 1.29 is 19.9 Å². The van der Waals surface area contributed by atoms with Crippen LogP contribution in [0.4, 0.5) is 5.69 Å². The third-order valence-corrected chi connectivity index (χ3v) is 2.42. The Labute approximate surface area is 110 Å². The van der Waals surface area contributed by atoms with Crippen molar-refractivity contribution in [2.45, 2.75) is 0 Å². The maximum Gasteiger partial charge on any atom is 0.360 e. The van der Waals surface area contributed by atoms with Crippen LogP contribution in [0.3, 0.4) is 0 Å². The van der Waals surface area contributed by atoms with E-state index in [4.69, 9.17) is 5.11 Å². The van der Waals surface area contributed by atoms with Gasteiger partial charge in [-0.05, 0) is 12.1 Å². The molecule has 0 unspecified atom stereocenters. The highest BCUT2D eigenvalue weighted by molar-refractivity contribution is 5.88. The van der Waals surface area contributed by atoms with Crippen LogP contribution >= 0.6 is 0 Å². The van der Waals surface area contributed by atoms with Crippen LogP contribution in [0.2, 0.25) is 0 Å². The lowest BCUT2D eigenvalue weighted by Gasteiger charge is -2.06. The summed E-state index contributed by atoms with van der Waals surface area (Å²) >= 11 is 0. The normalized spacial score (nSPS) is 10.2. The van der Waals surface area contributed by atoms with Gasteiger partial charge in [0.15, 0.2) is 5.75 Å². The fourth-order valence-electron chi connectivity index (χ4n) is 1.50. The molecule has 0 aliphatic heterocycles. The largest absolute Gasteiger partial charge is 0.505 e. The zero-order chi connectivity index (χ0) is 14.9. The summed E-state index contributed by atoms with van der Waals surface area (Å²) in [5.41, 5.74) is -1.49. The predicted octanol–water partition coefficient (Wildman–Crippen LogP) is 0.544. The first-order chi connectivity index (χ1) is 9.40. The molecule has 20 heavy (non-hydrogen) atoms. The minimum absolute atomic E-state index is 0.142. The zero-order valence-electron chi connectivity index (χ0n) is 9.76. The lowest BCUT2D eigenvalue weighted by Crippen LogP contribution is -2.23. The molecule has 0 saturated heterocycles. The highest BCUT2D eigenvalue weighted by atomic mass is 16.6. The Morgan fingerprint density at radius 1 is 1.30 bits per heavy atom. The van der Waals surface area contributed by atoms with E-state index < -0.39 is 27.9 Å². The number of nitro benzene ring substituents is 1. The summed E-state index contributed by atoms with van der Waals surface area (Å²) in [6.07, 6.45) is 0. The number of carboxylic acids is 1. The van der Waals surface area contributed by atoms with E-state index in [1.165, 1.54) is 12.1 Å². The van der Waals surface area contributed by atoms with Crippen molar-refractivity contribution in [2.24, 2.45) is 0 Å². The standard InChI is InChI=1S/C11H7N3O6/c15-8-5-9(16)13(12-10(8)11(17)18)6-1-3-7(4-2-6)14(19)20/h1-5,15H,(H,17,18). The van der Waals surface area contributed by atoms with Crippen LogP contribution in [0.15, 0.2) is 35.1 Å². The molecule has 1 aromatic heterocycles. The van der Waals surface area contributed by atoms with Crippen molar-refractivity contribution in [1.82, 2.24) is 9.78 Å². The second kappa shape index (κ2) is 4.80. The fourth-order valence-corrected chi connectivity index (χ4v) is 1.50. The minimum Gasteiger partial charge on any atom is -0.505 e. The van der Waals surface area contributed by atoms with Crippen LogP contribution in [0.5, 0.6) is 5.75 Å². The molecule has 0 aliphatic rings. The number of aromatic hydroxyl groups is 1. The second-order valence-corrected chi connectivity index (χ2v) is 3.71. The van der Waals surface area contributed by atoms with Crippen molar-refractivity contribution in [3.05, 3.63) is 56.5 Å². The lowest BCUT2D eigenvalue weighted by atomic mass is 10.3. The predicted molar refractivity (Wildman–Crippen MR) is 65.1 cm³/mol. The first-order valence-electron chi connectivity index (χ1n) is 5.21. The topological polar surface area (TPSA) is 136 Å². The molecule has 102 valence electrons. The van der Waals surface area contributed by atoms with Gasteiger partial charge < -0.3 is 10.2 Å². The molecule has 0 radical (unpaired) electrons. The van der Waals surface area contributed by atoms with Gasteiger partial charge in [0.05, 0.1) is 10.6 Å². The smallest absolute Gasteiger partial charge is 0.360 e. The van der Waals surface area contributed by atoms with Crippen LogP contribution in [0.25, 0.3) is 5.69 Å². The third kappa shape index (κ3) is 2.32. The average molecular weight is 277 g/mol. The summed E-state index contributed by atoms with van der Waals surface area (Å²) in [5.74, 6) is -2.25. The summed E-state index contributed by atoms with van der Waals surface area (Å²) in [5, 5.41) is 32.1. The average Bonchev–Trinajstić information content (AvgIpc) is 2.38. The number of aromatic carboxylic acids is 1. The summed E-state index contributed by atoms with van der Waals surface area (Å²) in [6, 6.07) is 5.50. The number of carboxylic acid groups (broad SMARTS) is 1. The molecular weight excluding hydrogens is 270 g/mol. The molecule has 0 fully saturated rings. The van der Waals surface area contributed by atoms with Gasteiger partial charge in [0.1, 0.15) is 0 Å². The van der Waals surface area contributed by atoms with E-state index in [9.17, 15) is 24.8 Å². The Bertz CT molecular complexity index is 750. The molecule has 0 bridgehead atoms. The zero-order valence-corrected chi connectivity index (χ0v) is 9.76. The summed E-state index contributed by atoms with van der Waals surface area (Å²) in [6.45, 7) is 0. The maximum atomic E-state index is 11.6. The van der Waals surface area contributed by atoms with Gasteiger partial charge in [-0.25, -0.2) is 4.79 Å². The quantitative estimate of drug-likeness (QED) is 0.617. The molecule has 2 rings (SSSR count). The number of hydrogen-bond acceptors (Lipinski definition) is 6. The van der Waals surface area contributed by atoms with E-state index in [1.807, 2.05) is 0 Å². The second-order valence-electron chi connectivity index (χ2n) is 3.71. The van der Waals surface area contributed by atoms with Gasteiger partial charge in [-0.15, -0.1) is 0 Å². The van der Waals surface area contributed by atoms with E-state index in [1.54, 1.807) is 0 Å². The SMILES string of the molecule is O=C(O)c1nn(-c2ccc([N+](=O)[O-])cc2)c(=O)cc1O. The van der Waals surface area contributed by atoms with Crippen LogP contribution in [0.1, 0.15) is 10.5 Å². The molecule has 0 spiro atoms. The van der Waals surface area contributed by atoms with Crippen molar-refractivity contribution in [2.75, 3.05) is 0 Å². The van der Waals surface area contributed by atoms with Gasteiger partial charge in [0.25, 0.3) is 11.2 Å². The maximum absolute atomic E-state index is 11.6. The molecule has 1 heterocycles. The number of non-ortho nitro benzene ring substituents is 1. The number of nitrogens with zero attached hydrogens (tertiary/aromatic N) is 3. The highest BCUT2D eigenvalue weighted by Crippen LogP contribution is 2.15. The number of aromatic nitrogens is 2. The van der Waals surface area contributed by atoms with Crippen LogP contribution < -0.4 is 5.56 Å².